The number of furan rings is 1. The maximum Gasteiger partial charge on any atom is 0.248 e. The van der Waals surface area contributed by atoms with E-state index in [2.05, 4.69) is 10.3 Å². The van der Waals surface area contributed by atoms with Crippen LogP contribution in [0.1, 0.15) is 5.76 Å². The van der Waals surface area contributed by atoms with Gasteiger partial charge in [-0.1, -0.05) is 12.1 Å². The van der Waals surface area contributed by atoms with Crippen LogP contribution in [0.15, 0.2) is 83.7 Å². The number of para-hydroxylation sites is 2. The molecule has 4 rings (SSSR count). The molecule has 1 N–H and O–H groups in total. The molecule has 0 aliphatic carbocycles. The van der Waals surface area contributed by atoms with E-state index in [1.165, 1.54) is 6.08 Å². The predicted octanol–water partition coefficient (Wildman–Crippen LogP) is 4.27. The molecule has 0 radical (unpaired) electrons. The smallest absolute Gasteiger partial charge is 0.248 e. The monoisotopic (exact) mass is 329 g/mol. The van der Waals surface area contributed by atoms with Crippen molar-refractivity contribution < 1.29 is 9.21 Å². The minimum absolute atomic E-state index is 0.211. The number of hydrogen-bond acceptors (Lipinski definition) is 3. The highest BCUT2D eigenvalue weighted by Crippen LogP contribution is 2.19. The number of imidazole rings is 1. The summed E-state index contributed by atoms with van der Waals surface area (Å²) in [6.45, 7) is 0. The summed E-state index contributed by atoms with van der Waals surface area (Å²) in [6, 6.07) is 19.1. The van der Waals surface area contributed by atoms with Gasteiger partial charge in [-0.15, -0.1) is 0 Å². The molecule has 0 atom stereocenters. The topological polar surface area (TPSA) is 60.1 Å². The van der Waals surface area contributed by atoms with Crippen LogP contribution < -0.4 is 5.32 Å². The van der Waals surface area contributed by atoms with Crippen LogP contribution in [0.4, 0.5) is 5.69 Å². The number of hydrogen-bond donors (Lipinski definition) is 1. The Morgan fingerprint density at radius 2 is 1.88 bits per heavy atom. The van der Waals surface area contributed by atoms with Crippen LogP contribution >= 0.6 is 0 Å². The van der Waals surface area contributed by atoms with Crippen molar-refractivity contribution in [2.75, 3.05) is 5.32 Å². The second kappa shape index (κ2) is 6.49. The Kier molecular flexibility index (Phi) is 3.88. The summed E-state index contributed by atoms with van der Waals surface area (Å²) in [6.07, 6.45) is 6.43. The van der Waals surface area contributed by atoms with E-state index in [1.807, 2.05) is 53.1 Å². The Bertz CT molecular complexity index is 1030. The number of fused-ring (bicyclic) bond motifs is 1. The first-order valence-electron chi connectivity index (χ1n) is 7.85. The Labute approximate surface area is 144 Å². The number of amides is 1. The molecule has 0 aliphatic heterocycles. The van der Waals surface area contributed by atoms with E-state index in [4.69, 9.17) is 4.42 Å². The molecule has 2 heterocycles. The van der Waals surface area contributed by atoms with Crippen molar-refractivity contribution >= 4 is 28.7 Å². The number of anilines is 1. The number of nitrogens with one attached hydrogen (secondary N) is 1. The fraction of sp³-hybridized carbons (Fsp3) is 0. The van der Waals surface area contributed by atoms with Gasteiger partial charge in [-0.2, -0.15) is 0 Å². The van der Waals surface area contributed by atoms with Crippen LogP contribution in [0.5, 0.6) is 0 Å². The third-order valence-electron chi connectivity index (χ3n) is 3.81. The number of nitrogens with zero attached hydrogens (tertiary/aromatic N) is 2. The van der Waals surface area contributed by atoms with Crippen LogP contribution in [-0.4, -0.2) is 15.5 Å². The summed E-state index contributed by atoms with van der Waals surface area (Å²) in [7, 11) is 0. The highest BCUT2D eigenvalue weighted by Gasteiger charge is 2.04. The van der Waals surface area contributed by atoms with Gasteiger partial charge >= 0.3 is 0 Å². The van der Waals surface area contributed by atoms with Crippen molar-refractivity contribution in [3.8, 4) is 5.69 Å². The molecule has 5 nitrogen and oxygen atoms in total. The number of carbonyl (C=O) groups is 1. The van der Waals surface area contributed by atoms with Gasteiger partial charge < -0.3 is 9.73 Å². The largest absolute Gasteiger partial charge is 0.465 e. The lowest BCUT2D eigenvalue weighted by Crippen LogP contribution is -2.07. The van der Waals surface area contributed by atoms with E-state index in [0.717, 1.165) is 22.4 Å². The summed E-state index contributed by atoms with van der Waals surface area (Å²) in [4.78, 5) is 16.3. The highest BCUT2D eigenvalue weighted by molar-refractivity contribution is 6.01. The number of benzene rings is 2. The zero-order chi connectivity index (χ0) is 17.1. The molecule has 2 aromatic carbocycles. The van der Waals surface area contributed by atoms with Crippen LogP contribution in [0.2, 0.25) is 0 Å². The molecule has 0 saturated carbocycles. The molecule has 0 bridgehead atoms. The van der Waals surface area contributed by atoms with E-state index in [1.54, 1.807) is 30.8 Å². The minimum atomic E-state index is -0.211. The normalized spacial score (nSPS) is 11.2. The van der Waals surface area contributed by atoms with Crippen molar-refractivity contribution in [3.63, 3.8) is 0 Å². The van der Waals surface area contributed by atoms with Crippen molar-refractivity contribution in [3.05, 3.63) is 85.1 Å². The lowest BCUT2D eigenvalue weighted by Gasteiger charge is -2.06. The minimum Gasteiger partial charge on any atom is -0.465 e. The molecule has 0 spiro atoms. The summed E-state index contributed by atoms with van der Waals surface area (Å²) in [5, 5.41) is 2.82. The van der Waals surface area contributed by atoms with Gasteiger partial charge in [0.2, 0.25) is 5.91 Å². The molecular formula is C20H15N3O2. The summed E-state index contributed by atoms with van der Waals surface area (Å²) >= 11 is 0. The van der Waals surface area contributed by atoms with Crippen LogP contribution in [0.3, 0.4) is 0 Å². The van der Waals surface area contributed by atoms with E-state index < -0.39 is 0 Å². The second-order valence-electron chi connectivity index (χ2n) is 5.49. The van der Waals surface area contributed by atoms with Crippen molar-refractivity contribution in [2.24, 2.45) is 0 Å². The Morgan fingerprint density at radius 1 is 1.04 bits per heavy atom. The van der Waals surface area contributed by atoms with Crippen molar-refractivity contribution in [2.45, 2.75) is 0 Å². The van der Waals surface area contributed by atoms with E-state index in [-0.39, 0.29) is 5.91 Å². The van der Waals surface area contributed by atoms with E-state index >= 15 is 0 Å². The van der Waals surface area contributed by atoms with Crippen LogP contribution in [0, 0.1) is 0 Å². The zero-order valence-electron chi connectivity index (χ0n) is 13.3. The van der Waals surface area contributed by atoms with Gasteiger partial charge in [0.1, 0.15) is 12.1 Å². The summed E-state index contributed by atoms with van der Waals surface area (Å²) < 4.78 is 7.16. The molecule has 0 unspecified atom stereocenters. The maximum absolute atomic E-state index is 11.9. The quantitative estimate of drug-likeness (QED) is 0.569. The van der Waals surface area contributed by atoms with E-state index in [9.17, 15) is 4.79 Å². The molecule has 122 valence electrons. The van der Waals surface area contributed by atoms with Gasteiger partial charge in [0, 0.05) is 17.5 Å². The summed E-state index contributed by atoms with van der Waals surface area (Å²) in [5.74, 6) is 0.426. The van der Waals surface area contributed by atoms with Gasteiger partial charge in [0.25, 0.3) is 0 Å². The lowest BCUT2D eigenvalue weighted by atomic mass is 10.2. The second-order valence-corrected chi connectivity index (χ2v) is 5.49. The SMILES string of the molecule is O=C(/C=C/c1ccco1)Nc1ccc(-n2cnc3ccccc32)cc1. The van der Waals surface area contributed by atoms with Crippen molar-refractivity contribution in [1.82, 2.24) is 9.55 Å². The molecule has 4 aromatic rings. The van der Waals surface area contributed by atoms with Gasteiger partial charge in [0.15, 0.2) is 0 Å². The van der Waals surface area contributed by atoms with Crippen molar-refractivity contribution in [1.29, 1.82) is 0 Å². The molecule has 1 amide bonds. The molecular weight excluding hydrogens is 314 g/mol. The Morgan fingerprint density at radius 3 is 2.68 bits per heavy atom. The van der Waals surface area contributed by atoms with E-state index in [0.29, 0.717) is 5.76 Å². The highest BCUT2D eigenvalue weighted by atomic mass is 16.3. The van der Waals surface area contributed by atoms with Gasteiger partial charge in [-0.25, -0.2) is 4.98 Å². The van der Waals surface area contributed by atoms with Gasteiger partial charge in [0.05, 0.1) is 17.3 Å². The Hall–Kier alpha value is -3.60. The zero-order valence-corrected chi connectivity index (χ0v) is 13.3. The number of aromatic nitrogens is 2. The first-order valence-corrected chi connectivity index (χ1v) is 7.85. The molecule has 0 saturated heterocycles. The lowest BCUT2D eigenvalue weighted by molar-refractivity contribution is -0.111. The van der Waals surface area contributed by atoms with Crippen LogP contribution in [0.25, 0.3) is 22.8 Å². The van der Waals surface area contributed by atoms with Gasteiger partial charge in [-0.05, 0) is 54.6 Å². The molecule has 0 fully saturated rings. The first-order chi connectivity index (χ1) is 12.3. The maximum atomic E-state index is 11.9. The Balaban J connectivity index is 1.49. The standard InChI is InChI=1S/C20H15N3O2/c24-20(12-11-17-4-3-13-25-17)22-15-7-9-16(10-8-15)23-14-21-18-5-1-2-6-19(18)23/h1-14H,(H,22,24)/b12-11+. The molecule has 2 aromatic heterocycles. The average molecular weight is 329 g/mol. The third kappa shape index (κ3) is 3.21. The van der Waals surface area contributed by atoms with Gasteiger partial charge in [-0.3, -0.25) is 9.36 Å². The first kappa shape index (κ1) is 15.0. The predicted molar refractivity (Wildman–Crippen MR) is 97.4 cm³/mol. The number of rotatable bonds is 4. The molecule has 0 aliphatic rings. The third-order valence-corrected chi connectivity index (χ3v) is 3.81. The molecule has 5 heteroatoms. The fourth-order valence-electron chi connectivity index (χ4n) is 2.60. The van der Waals surface area contributed by atoms with Crippen LogP contribution in [-0.2, 0) is 4.79 Å². The fourth-order valence-corrected chi connectivity index (χ4v) is 2.60. The number of carbonyl (C=O) groups excluding carboxylic acids is 1. The average Bonchev–Trinajstić information content (AvgIpc) is 3.30. The molecule has 25 heavy (non-hydrogen) atoms. The summed E-state index contributed by atoms with van der Waals surface area (Å²) in [5.41, 5.74) is 3.70.